The highest BCUT2D eigenvalue weighted by molar-refractivity contribution is 7.16. The maximum atomic E-state index is 12.0. The van der Waals surface area contributed by atoms with Crippen molar-refractivity contribution in [1.82, 2.24) is 0 Å². The van der Waals surface area contributed by atoms with Gasteiger partial charge in [0.1, 0.15) is 10.8 Å². The average molecular weight is 412 g/mol. The van der Waals surface area contributed by atoms with E-state index >= 15 is 0 Å². The largest absolute Gasteiger partial charge is 0.480 e. The van der Waals surface area contributed by atoms with Crippen LogP contribution in [0.25, 0.3) is 0 Å². The number of rotatable bonds is 7. The van der Waals surface area contributed by atoms with Gasteiger partial charge in [0, 0.05) is 4.88 Å². The quantitative estimate of drug-likeness (QED) is 0.702. The molecule has 144 valence electrons. The highest BCUT2D eigenvalue weighted by Gasteiger charge is 2.22. The van der Waals surface area contributed by atoms with E-state index in [9.17, 15) is 14.4 Å². The Kier molecular flexibility index (Phi) is 7.20. The third-order valence-electron chi connectivity index (χ3n) is 3.57. The topological polar surface area (TPSA) is 90.9 Å². The number of esters is 2. The molecule has 27 heavy (non-hydrogen) atoms. The number of hydrogen-bond donors (Lipinski definition) is 1. The number of methoxy groups -OCH3 is 1. The Balaban J connectivity index is 1.88. The van der Waals surface area contributed by atoms with Crippen LogP contribution in [0.15, 0.2) is 24.3 Å². The van der Waals surface area contributed by atoms with Crippen LogP contribution < -0.4 is 10.1 Å². The van der Waals surface area contributed by atoms with Crippen molar-refractivity contribution in [3.05, 3.63) is 45.3 Å². The van der Waals surface area contributed by atoms with Crippen LogP contribution in [-0.2, 0) is 19.1 Å². The van der Waals surface area contributed by atoms with Crippen molar-refractivity contribution in [2.24, 2.45) is 0 Å². The molecule has 1 amide bonds. The molecule has 1 aromatic carbocycles. The highest BCUT2D eigenvalue weighted by atomic mass is 35.5. The average Bonchev–Trinajstić information content (AvgIpc) is 2.92. The van der Waals surface area contributed by atoms with Gasteiger partial charge in [0.05, 0.1) is 17.7 Å². The summed E-state index contributed by atoms with van der Waals surface area (Å²) in [5.41, 5.74) is 1.02. The summed E-state index contributed by atoms with van der Waals surface area (Å²) in [6, 6.07) is 6.68. The van der Waals surface area contributed by atoms with Gasteiger partial charge in [-0.25, -0.2) is 9.59 Å². The van der Waals surface area contributed by atoms with Gasteiger partial charge in [-0.2, -0.15) is 0 Å². The summed E-state index contributed by atoms with van der Waals surface area (Å²) in [4.78, 5) is 36.5. The SMILES string of the molecule is COC(=O)c1c(NC(=O)COC(=O)COc2ccccc2Cl)sc(C)c1C. The lowest BCUT2D eigenvalue weighted by Gasteiger charge is -2.09. The molecule has 1 heterocycles. The molecule has 0 atom stereocenters. The summed E-state index contributed by atoms with van der Waals surface area (Å²) in [6.45, 7) is 2.69. The lowest BCUT2D eigenvalue weighted by Crippen LogP contribution is -2.24. The lowest BCUT2D eigenvalue weighted by molar-refractivity contribution is -0.149. The number of amides is 1. The van der Waals surface area contributed by atoms with Gasteiger partial charge in [0.15, 0.2) is 13.2 Å². The molecule has 0 aliphatic rings. The molecule has 0 unspecified atom stereocenters. The Morgan fingerprint density at radius 1 is 1.15 bits per heavy atom. The van der Waals surface area contributed by atoms with Crippen molar-refractivity contribution in [2.75, 3.05) is 25.6 Å². The molecular formula is C18H18ClNO6S. The number of benzene rings is 1. The van der Waals surface area contributed by atoms with E-state index in [1.807, 2.05) is 6.92 Å². The van der Waals surface area contributed by atoms with E-state index in [1.54, 1.807) is 31.2 Å². The molecule has 0 fully saturated rings. The van der Waals surface area contributed by atoms with Gasteiger partial charge in [0.25, 0.3) is 5.91 Å². The van der Waals surface area contributed by atoms with Crippen molar-refractivity contribution in [3.63, 3.8) is 0 Å². The second-order valence-electron chi connectivity index (χ2n) is 5.41. The molecule has 9 heteroatoms. The first-order chi connectivity index (χ1) is 12.8. The fourth-order valence-corrected chi connectivity index (χ4v) is 3.37. The Labute approximate surface area is 165 Å². The smallest absolute Gasteiger partial charge is 0.344 e. The van der Waals surface area contributed by atoms with E-state index in [0.717, 1.165) is 10.4 Å². The lowest BCUT2D eigenvalue weighted by atomic mass is 10.1. The maximum Gasteiger partial charge on any atom is 0.344 e. The minimum absolute atomic E-state index is 0.293. The standard InChI is InChI=1S/C18H18ClNO6S/c1-10-11(2)27-17(16(10)18(23)24-3)20-14(21)8-26-15(22)9-25-13-7-5-4-6-12(13)19/h4-7H,8-9H2,1-3H3,(H,20,21). The van der Waals surface area contributed by atoms with E-state index in [2.05, 4.69) is 5.32 Å². The number of carbonyl (C=O) groups excluding carboxylic acids is 3. The van der Waals surface area contributed by atoms with Crippen LogP contribution >= 0.6 is 22.9 Å². The molecule has 1 aromatic heterocycles. The second kappa shape index (κ2) is 9.38. The van der Waals surface area contributed by atoms with Crippen LogP contribution in [-0.4, -0.2) is 38.2 Å². The molecule has 0 saturated heterocycles. The molecule has 0 spiro atoms. The Hall–Kier alpha value is -2.58. The molecule has 0 saturated carbocycles. The monoisotopic (exact) mass is 411 g/mol. The number of halogens is 1. The number of ether oxygens (including phenoxy) is 3. The van der Waals surface area contributed by atoms with Gasteiger partial charge < -0.3 is 19.5 Å². The highest BCUT2D eigenvalue weighted by Crippen LogP contribution is 2.32. The normalized spacial score (nSPS) is 10.2. The zero-order valence-electron chi connectivity index (χ0n) is 15.0. The minimum atomic E-state index is -0.725. The van der Waals surface area contributed by atoms with Gasteiger partial charge >= 0.3 is 11.9 Å². The first-order valence-electron chi connectivity index (χ1n) is 7.84. The second-order valence-corrected chi connectivity index (χ2v) is 7.04. The van der Waals surface area contributed by atoms with Crippen LogP contribution in [0.4, 0.5) is 5.00 Å². The fourth-order valence-electron chi connectivity index (χ4n) is 2.11. The Morgan fingerprint density at radius 3 is 2.52 bits per heavy atom. The predicted molar refractivity (Wildman–Crippen MR) is 102 cm³/mol. The number of carbonyl (C=O) groups is 3. The van der Waals surface area contributed by atoms with Crippen LogP contribution in [0, 0.1) is 13.8 Å². The molecular weight excluding hydrogens is 394 g/mol. The number of aryl methyl sites for hydroxylation is 1. The fraction of sp³-hybridized carbons (Fsp3) is 0.278. The predicted octanol–water partition coefficient (Wildman–Crippen LogP) is 3.37. The summed E-state index contributed by atoms with van der Waals surface area (Å²) in [7, 11) is 1.27. The zero-order valence-corrected chi connectivity index (χ0v) is 16.5. The van der Waals surface area contributed by atoms with E-state index in [4.69, 9.17) is 25.8 Å². The van der Waals surface area contributed by atoms with Gasteiger partial charge in [-0.3, -0.25) is 4.79 Å². The van der Waals surface area contributed by atoms with Crippen molar-refractivity contribution in [1.29, 1.82) is 0 Å². The van der Waals surface area contributed by atoms with Gasteiger partial charge in [-0.15, -0.1) is 11.3 Å². The number of hydrogen-bond acceptors (Lipinski definition) is 7. The zero-order chi connectivity index (χ0) is 20.0. The van der Waals surface area contributed by atoms with Gasteiger partial charge in [0.2, 0.25) is 0 Å². The summed E-state index contributed by atoms with van der Waals surface area (Å²) >= 11 is 7.16. The van der Waals surface area contributed by atoms with E-state index in [-0.39, 0.29) is 6.61 Å². The van der Waals surface area contributed by atoms with Crippen LogP contribution in [0.5, 0.6) is 5.75 Å². The molecule has 2 rings (SSSR count). The van der Waals surface area contributed by atoms with Gasteiger partial charge in [-0.05, 0) is 31.5 Å². The van der Waals surface area contributed by atoms with E-state index in [0.29, 0.717) is 21.3 Å². The summed E-state index contributed by atoms with van der Waals surface area (Å²) in [5, 5.41) is 3.28. The first kappa shape index (κ1) is 20.7. The molecule has 7 nitrogen and oxygen atoms in total. The maximum absolute atomic E-state index is 12.0. The third kappa shape index (κ3) is 5.45. The summed E-state index contributed by atoms with van der Waals surface area (Å²) < 4.78 is 14.8. The molecule has 0 aliphatic heterocycles. The van der Waals surface area contributed by atoms with E-state index < -0.39 is 24.5 Å². The number of anilines is 1. The third-order valence-corrected chi connectivity index (χ3v) is 5.01. The van der Waals surface area contributed by atoms with Crippen molar-refractivity contribution in [2.45, 2.75) is 13.8 Å². The molecule has 2 aromatic rings. The Morgan fingerprint density at radius 2 is 1.85 bits per heavy atom. The van der Waals surface area contributed by atoms with Crippen LogP contribution in [0.2, 0.25) is 5.02 Å². The van der Waals surface area contributed by atoms with Crippen molar-refractivity contribution in [3.8, 4) is 5.75 Å². The Bertz CT molecular complexity index is 864. The molecule has 0 radical (unpaired) electrons. The summed E-state index contributed by atoms with van der Waals surface area (Å²) in [5.74, 6) is -1.51. The molecule has 0 aliphatic carbocycles. The van der Waals surface area contributed by atoms with E-state index in [1.165, 1.54) is 18.4 Å². The molecule has 0 bridgehead atoms. The first-order valence-corrected chi connectivity index (χ1v) is 9.04. The van der Waals surface area contributed by atoms with Crippen LogP contribution in [0.3, 0.4) is 0 Å². The summed E-state index contributed by atoms with van der Waals surface area (Å²) in [6.07, 6.45) is 0. The number of thiophene rings is 1. The van der Waals surface area contributed by atoms with Gasteiger partial charge in [-0.1, -0.05) is 23.7 Å². The van der Waals surface area contributed by atoms with Crippen LogP contribution in [0.1, 0.15) is 20.8 Å². The molecule has 1 N–H and O–H groups in total. The van der Waals surface area contributed by atoms with Crippen molar-refractivity contribution >= 4 is 45.8 Å². The number of para-hydroxylation sites is 1. The minimum Gasteiger partial charge on any atom is -0.480 e. The van der Waals surface area contributed by atoms with Crippen molar-refractivity contribution < 1.29 is 28.6 Å². The number of nitrogens with one attached hydrogen (secondary N) is 1.